The smallest absolute Gasteiger partial charge is 0.415 e. The number of thiophene rings is 1. The Morgan fingerprint density at radius 2 is 1.67 bits per heavy atom. The lowest BCUT2D eigenvalue weighted by Crippen LogP contribution is -2.43. The molecular weight excluding hydrogens is 480 g/mol. The van der Waals surface area contributed by atoms with Crippen molar-refractivity contribution in [3.63, 3.8) is 0 Å². The van der Waals surface area contributed by atoms with Crippen LogP contribution in [0.3, 0.4) is 0 Å². The van der Waals surface area contributed by atoms with Crippen molar-refractivity contribution in [1.29, 1.82) is 0 Å². The highest BCUT2D eigenvalue weighted by Crippen LogP contribution is 2.24. The molecule has 2 heterocycles. The molecule has 0 atom stereocenters. The SMILES string of the molecule is CCN(C(=O)c1ccc(OC(=O)N2CCC(Oc3ccc(CC(=O)O)cc3)CC2)cc1)c1cccs1. The summed E-state index contributed by atoms with van der Waals surface area (Å²) < 4.78 is 11.5. The number of carbonyl (C=O) groups is 3. The lowest BCUT2D eigenvalue weighted by Gasteiger charge is -2.31. The van der Waals surface area contributed by atoms with Gasteiger partial charge in [-0.2, -0.15) is 0 Å². The van der Waals surface area contributed by atoms with E-state index in [1.165, 1.54) is 11.3 Å². The second-order valence-electron chi connectivity index (χ2n) is 8.41. The Kier molecular flexibility index (Phi) is 8.22. The fourth-order valence-electron chi connectivity index (χ4n) is 4.02. The summed E-state index contributed by atoms with van der Waals surface area (Å²) in [6.45, 7) is 3.50. The summed E-state index contributed by atoms with van der Waals surface area (Å²) in [4.78, 5) is 39.6. The van der Waals surface area contributed by atoms with Crippen LogP contribution >= 0.6 is 11.3 Å². The number of piperidine rings is 1. The minimum absolute atomic E-state index is 0.0217. The first-order valence-corrected chi connectivity index (χ1v) is 12.7. The molecule has 36 heavy (non-hydrogen) atoms. The van der Waals surface area contributed by atoms with Gasteiger partial charge in [0.15, 0.2) is 0 Å². The second kappa shape index (κ2) is 11.7. The van der Waals surface area contributed by atoms with Crippen LogP contribution in [-0.2, 0) is 11.2 Å². The second-order valence-corrected chi connectivity index (χ2v) is 9.34. The average Bonchev–Trinajstić information content (AvgIpc) is 3.41. The average molecular weight is 509 g/mol. The van der Waals surface area contributed by atoms with Gasteiger partial charge in [-0.1, -0.05) is 12.1 Å². The Bertz CT molecular complexity index is 1170. The maximum atomic E-state index is 12.9. The number of benzene rings is 2. The molecule has 1 aliphatic heterocycles. The van der Waals surface area contributed by atoms with Crippen molar-refractivity contribution in [2.24, 2.45) is 0 Å². The lowest BCUT2D eigenvalue weighted by molar-refractivity contribution is -0.136. The van der Waals surface area contributed by atoms with Gasteiger partial charge in [0.25, 0.3) is 5.91 Å². The lowest BCUT2D eigenvalue weighted by atomic mass is 10.1. The van der Waals surface area contributed by atoms with E-state index in [2.05, 4.69) is 0 Å². The van der Waals surface area contributed by atoms with Crippen molar-refractivity contribution in [3.05, 3.63) is 77.2 Å². The van der Waals surface area contributed by atoms with E-state index >= 15 is 0 Å². The molecule has 0 unspecified atom stereocenters. The number of aliphatic carboxylic acids is 1. The van der Waals surface area contributed by atoms with Gasteiger partial charge in [-0.05, 0) is 66.4 Å². The summed E-state index contributed by atoms with van der Waals surface area (Å²) in [7, 11) is 0. The summed E-state index contributed by atoms with van der Waals surface area (Å²) in [5.41, 5.74) is 1.24. The van der Waals surface area contributed by atoms with E-state index in [9.17, 15) is 14.4 Å². The van der Waals surface area contributed by atoms with Crippen LogP contribution in [-0.4, -0.2) is 53.7 Å². The number of hydrogen-bond donors (Lipinski definition) is 1. The minimum Gasteiger partial charge on any atom is -0.490 e. The highest BCUT2D eigenvalue weighted by Gasteiger charge is 2.25. The molecular formula is C27H28N2O6S. The Morgan fingerprint density at radius 1 is 1.00 bits per heavy atom. The van der Waals surface area contributed by atoms with Crippen LogP contribution in [0.2, 0.25) is 0 Å². The van der Waals surface area contributed by atoms with E-state index in [1.807, 2.05) is 24.4 Å². The number of likely N-dealkylation sites (tertiary alicyclic amines) is 1. The third-order valence-electron chi connectivity index (χ3n) is 5.92. The number of carbonyl (C=O) groups excluding carboxylic acids is 2. The zero-order valence-electron chi connectivity index (χ0n) is 20.0. The van der Waals surface area contributed by atoms with Gasteiger partial charge in [0, 0.05) is 38.0 Å². The Labute approximate surface area is 213 Å². The zero-order chi connectivity index (χ0) is 25.5. The molecule has 0 spiro atoms. The van der Waals surface area contributed by atoms with Crippen molar-refractivity contribution in [2.75, 3.05) is 24.5 Å². The number of carboxylic acids is 1. The van der Waals surface area contributed by atoms with Gasteiger partial charge in [-0.25, -0.2) is 4.79 Å². The normalized spacial score (nSPS) is 13.8. The maximum absolute atomic E-state index is 12.9. The van der Waals surface area contributed by atoms with Gasteiger partial charge in [0.1, 0.15) is 17.6 Å². The summed E-state index contributed by atoms with van der Waals surface area (Å²) in [6, 6.07) is 17.5. The molecule has 0 saturated carbocycles. The van der Waals surface area contributed by atoms with E-state index in [0.717, 1.165) is 10.6 Å². The molecule has 1 saturated heterocycles. The molecule has 1 fully saturated rings. The molecule has 1 aromatic heterocycles. The van der Waals surface area contributed by atoms with Crippen LogP contribution in [0.4, 0.5) is 9.80 Å². The van der Waals surface area contributed by atoms with E-state index in [0.29, 0.717) is 49.5 Å². The Morgan fingerprint density at radius 3 is 2.25 bits per heavy atom. The number of amides is 2. The van der Waals surface area contributed by atoms with Crippen LogP contribution in [0.1, 0.15) is 35.7 Å². The third-order valence-corrected chi connectivity index (χ3v) is 6.81. The van der Waals surface area contributed by atoms with Crippen molar-refractivity contribution < 1.29 is 29.0 Å². The third kappa shape index (κ3) is 6.42. The Balaban J connectivity index is 1.25. The minimum atomic E-state index is -0.871. The molecule has 1 aliphatic rings. The number of hydrogen-bond acceptors (Lipinski definition) is 6. The predicted octanol–water partition coefficient (Wildman–Crippen LogP) is 5.08. The number of nitrogens with zero attached hydrogens (tertiary/aromatic N) is 2. The van der Waals surface area contributed by atoms with E-state index in [1.54, 1.807) is 58.3 Å². The molecule has 3 aromatic rings. The summed E-state index contributed by atoms with van der Waals surface area (Å²) in [6.07, 6.45) is 0.838. The van der Waals surface area contributed by atoms with Gasteiger partial charge in [0.2, 0.25) is 0 Å². The van der Waals surface area contributed by atoms with E-state index < -0.39 is 12.1 Å². The molecule has 1 N–H and O–H groups in total. The molecule has 9 heteroatoms. The topological polar surface area (TPSA) is 96.4 Å². The van der Waals surface area contributed by atoms with Crippen LogP contribution in [0.25, 0.3) is 0 Å². The van der Waals surface area contributed by atoms with Gasteiger partial charge in [-0.15, -0.1) is 11.3 Å². The molecule has 8 nitrogen and oxygen atoms in total. The highest BCUT2D eigenvalue weighted by atomic mass is 32.1. The van der Waals surface area contributed by atoms with E-state index in [4.69, 9.17) is 14.6 Å². The fourth-order valence-corrected chi connectivity index (χ4v) is 4.81. The van der Waals surface area contributed by atoms with Crippen LogP contribution in [0, 0.1) is 0 Å². The first kappa shape index (κ1) is 25.2. The quantitative estimate of drug-likeness (QED) is 0.456. The van der Waals surface area contributed by atoms with Gasteiger partial charge >= 0.3 is 12.1 Å². The molecule has 0 bridgehead atoms. The monoisotopic (exact) mass is 508 g/mol. The van der Waals surface area contributed by atoms with Crippen molar-refractivity contribution >= 4 is 34.3 Å². The van der Waals surface area contributed by atoms with Crippen LogP contribution in [0.5, 0.6) is 11.5 Å². The summed E-state index contributed by atoms with van der Waals surface area (Å²) in [5.74, 6) is 0.0946. The largest absolute Gasteiger partial charge is 0.490 e. The molecule has 0 aliphatic carbocycles. The first-order valence-electron chi connectivity index (χ1n) is 11.8. The number of ether oxygens (including phenoxy) is 2. The molecule has 0 radical (unpaired) electrons. The van der Waals surface area contributed by atoms with Crippen LogP contribution < -0.4 is 14.4 Å². The molecule has 4 rings (SSSR count). The van der Waals surface area contributed by atoms with Crippen molar-refractivity contribution in [1.82, 2.24) is 4.90 Å². The maximum Gasteiger partial charge on any atom is 0.415 e. The van der Waals surface area contributed by atoms with Gasteiger partial charge < -0.3 is 19.5 Å². The molecule has 188 valence electrons. The fraction of sp³-hybridized carbons (Fsp3) is 0.296. The number of anilines is 1. The first-order chi connectivity index (χ1) is 17.4. The van der Waals surface area contributed by atoms with Gasteiger partial charge in [0.05, 0.1) is 11.4 Å². The predicted molar refractivity (Wildman–Crippen MR) is 137 cm³/mol. The summed E-state index contributed by atoms with van der Waals surface area (Å²) in [5, 5.41) is 11.7. The molecule has 2 amide bonds. The highest BCUT2D eigenvalue weighted by molar-refractivity contribution is 7.14. The molecule has 2 aromatic carbocycles. The summed E-state index contributed by atoms with van der Waals surface area (Å²) >= 11 is 1.51. The van der Waals surface area contributed by atoms with Crippen molar-refractivity contribution in [2.45, 2.75) is 32.3 Å². The number of rotatable bonds is 8. The zero-order valence-corrected chi connectivity index (χ0v) is 20.8. The standard InChI is InChI=1S/C27H28N2O6S/c1-2-29(24-4-3-17-36-24)26(32)20-7-11-22(12-8-20)35-27(33)28-15-13-23(14-16-28)34-21-9-5-19(6-10-21)18-25(30)31/h3-12,17,23H,2,13-16,18H2,1H3,(H,30,31). The Hall–Kier alpha value is -3.85. The van der Waals surface area contributed by atoms with Gasteiger partial charge in [-0.3, -0.25) is 14.5 Å². The van der Waals surface area contributed by atoms with Crippen LogP contribution in [0.15, 0.2) is 66.0 Å². The number of carboxylic acid groups (broad SMARTS) is 1. The van der Waals surface area contributed by atoms with Crippen molar-refractivity contribution in [3.8, 4) is 11.5 Å². The van der Waals surface area contributed by atoms with E-state index in [-0.39, 0.29) is 18.4 Å².